The molecular formula is C25H23Br2N3O5S. The summed E-state index contributed by atoms with van der Waals surface area (Å²) in [5.41, 5.74) is 3.34. The Labute approximate surface area is 226 Å². The Kier molecular flexibility index (Phi) is 9.68. The highest BCUT2D eigenvalue weighted by molar-refractivity contribution is 9.10. The molecule has 0 atom stereocenters. The van der Waals surface area contributed by atoms with Crippen molar-refractivity contribution in [1.82, 2.24) is 5.43 Å². The number of anilines is 1. The number of sulfonamides is 1. The van der Waals surface area contributed by atoms with Crippen molar-refractivity contribution in [3.05, 3.63) is 93.9 Å². The maximum Gasteiger partial charge on any atom is 0.264 e. The molecule has 0 aliphatic rings. The highest BCUT2D eigenvalue weighted by atomic mass is 79.9. The van der Waals surface area contributed by atoms with Crippen LogP contribution in [0, 0.1) is 0 Å². The molecule has 3 aromatic rings. The van der Waals surface area contributed by atoms with Gasteiger partial charge in [0.25, 0.3) is 15.9 Å². The van der Waals surface area contributed by atoms with Gasteiger partial charge in [-0.1, -0.05) is 46.8 Å². The molecule has 8 nitrogen and oxygen atoms in total. The summed E-state index contributed by atoms with van der Waals surface area (Å²) in [4.78, 5) is 12.8. The first kappa shape index (κ1) is 27.4. The third-order valence-electron chi connectivity index (χ3n) is 4.73. The lowest BCUT2D eigenvalue weighted by atomic mass is 10.2. The van der Waals surface area contributed by atoms with Gasteiger partial charge < -0.3 is 9.47 Å². The predicted octanol–water partition coefficient (Wildman–Crippen LogP) is 5.13. The van der Waals surface area contributed by atoms with Gasteiger partial charge in [-0.05, 0) is 70.0 Å². The number of benzene rings is 3. The van der Waals surface area contributed by atoms with Crippen LogP contribution in [-0.4, -0.2) is 40.8 Å². The predicted molar refractivity (Wildman–Crippen MR) is 147 cm³/mol. The Hall–Kier alpha value is -3.15. The quantitative estimate of drug-likeness (QED) is 0.179. The van der Waals surface area contributed by atoms with Crippen molar-refractivity contribution in [2.24, 2.45) is 5.10 Å². The number of ether oxygens (including phenoxy) is 2. The minimum atomic E-state index is -4.00. The molecule has 1 amide bonds. The van der Waals surface area contributed by atoms with Crippen molar-refractivity contribution >= 4 is 59.7 Å². The van der Waals surface area contributed by atoms with E-state index in [2.05, 4.69) is 49.0 Å². The minimum absolute atomic E-state index is 0.0694. The van der Waals surface area contributed by atoms with Crippen LogP contribution in [0.2, 0.25) is 0 Å². The number of halogens is 2. The normalized spacial score (nSPS) is 11.2. The summed E-state index contributed by atoms with van der Waals surface area (Å²) in [6, 6.07) is 18.0. The van der Waals surface area contributed by atoms with Crippen LogP contribution < -0.4 is 19.2 Å². The summed E-state index contributed by atoms with van der Waals surface area (Å²) in [7, 11) is -2.50. The molecule has 11 heteroatoms. The molecule has 0 aromatic heterocycles. The molecule has 0 saturated carbocycles. The zero-order valence-corrected chi connectivity index (χ0v) is 23.2. The molecular weight excluding hydrogens is 614 g/mol. The SMILES string of the molecule is C=CCOc1c(Br)cc(/C=N/NC(=O)CN(c2ccc(Br)cc2)S(=O)(=O)c2ccccc2)cc1OC. The van der Waals surface area contributed by atoms with Crippen molar-refractivity contribution < 1.29 is 22.7 Å². The van der Waals surface area contributed by atoms with Crippen LogP contribution in [-0.2, 0) is 14.8 Å². The number of hydrogen-bond acceptors (Lipinski definition) is 6. The summed E-state index contributed by atoms with van der Waals surface area (Å²) >= 11 is 6.77. The Morgan fingerprint density at radius 3 is 2.44 bits per heavy atom. The van der Waals surface area contributed by atoms with Gasteiger partial charge in [0, 0.05) is 4.47 Å². The van der Waals surface area contributed by atoms with Crippen molar-refractivity contribution in [2.45, 2.75) is 4.90 Å². The Balaban J connectivity index is 1.79. The van der Waals surface area contributed by atoms with Crippen LogP contribution >= 0.6 is 31.9 Å². The number of hydrazone groups is 1. The van der Waals surface area contributed by atoms with Gasteiger partial charge in [0.1, 0.15) is 13.2 Å². The first-order valence-corrected chi connectivity index (χ1v) is 13.6. The first-order valence-electron chi connectivity index (χ1n) is 10.5. The van der Waals surface area contributed by atoms with E-state index in [0.29, 0.717) is 33.8 Å². The van der Waals surface area contributed by atoms with E-state index in [1.807, 2.05) is 0 Å². The van der Waals surface area contributed by atoms with Crippen LogP contribution in [0.4, 0.5) is 5.69 Å². The summed E-state index contributed by atoms with van der Waals surface area (Å²) < 4.78 is 40.0. The molecule has 0 radical (unpaired) electrons. The summed E-state index contributed by atoms with van der Waals surface area (Å²) in [6.45, 7) is 3.46. The molecule has 0 saturated heterocycles. The van der Waals surface area contributed by atoms with Crippen LogP contribution in [0.1, 0.15) is 5.56 Å². The second-order valence-corrected chi connectivity index (χ2v) is 10.9. The number of methoxy groups -OCH3 is 1. The van der Waals surface area contributed by atoms with Crippen LogP contribution in [0.5, 0.6) is 11.5 Å². The molecule has 3 rings (SSSR count). The Bertz CT molecular complexity index is 1350. The van der Waals surface area contributed by atoms with E-state index >= 15 is 0 Å². The van der Waals surface area contributed by atoms with E-state index in [1.54, 1.807) is 60.7 Å². The molecule has 36 heavy (non-hydrogen) atoms. The van der Waals surface area contributed by atoms with Gasteiger partial charge >= 0.3 is 0 Å². The second-order valence-electron chi connectivity index (χ2n) is 7.23. The summed E-state index contributed by atoms with van der Waals surface area (Å²) in [6.07, 6.45) is 3.03. The maximum absolute atomic E-state index is 13.3. The van der Waals surface area contributed by atoms with Gasteiger partial charge in [0.05, 0.1) is 28.4 Å². The van der Waals surface area contributed by atoms with Crippen LogP contribution in [0.25, 0.3) is 0 Å². The molecule has 0 aliphatic heterocycles. The molecule has 0 fully saturated rings. The number of carbonyl (C=O) groups excluding carboxylic acids is 1. The van der Waals surface area contributed by atoms with E-state index in [9.17, 15) is 13.2 Å². The van der Waals surface area contributed by atoms with Crippen molar-refractivity contribution in [3.8, 4) is 11.5 Å². The fourth-order valence-electron chi connectivity index (χ4n) is 3.08. The lowest BCUT2D eigenvalue weighted by Crippen LogP contribution is -2.39. The number of amides is 1. The van der Waals surface area contributed by atoms with Gasteiger partial charge in [-0.3, -0.25) is 9.10 Å². The lowest BCUT2D eigenvalue weighted by molar-refractivity contribution is -0.119. The average Bonchev–Trinajstić information content (AvgIpc) is 2.87. The topological polar surface area (TPSA) is 97.3 Å². The van der Waals surface area contributed by atoms with Crippen molar-refractivity contribution in [1.29, 1.82) is 0 Å². The third-order valence-corrected chi connectivity index (χ3v) is 7.64. The average molecular weight is 637 g/mol. The molecule has 188 valence electrons. The second kappa shape index (κ2) is 12.7. The largest absolute Gasteiger partial charge is 0.493 e. The first-order chi connectivity index (χ1) is 17.3. The fourth-order valence-corrected chi connectivity index (χ4v) is 5.36. The molecule has 1 N–H and O–H groups in total. The zero-order valence-electron chi connectivity index (χ0n) is 19.2. The van der Waals surface area contributed by atoms with Crippen molar-refractivity contribution in [3.63, 3.8) is 0 Å². The number of carbonyl (C=O) groups is 1. The van der Waals surface area contributed by atoms with Crippen LogP contribution in [0.15, 0.2) is 98.3 Å². The highest BCUT2D eigenvalue weighted by Crippen LogP contribution is 2.36. The number of hydrogen-bond donors (Lipinski definition) is 1. The molecule has 0 spiro atoms. The highest BCUT2D eigenvalue weighted by Gasteiger charge is 2.27. The Morgan fingerprint density at radius 2 is 1.81 bits per heavy atom. The fraction of sp³-hybridized carbons (Fsp3) is 0.120. The van der Waals surface area contributed by atoms with E-state index in [-0.39, 0.29) is 4.90 Å². The van der Waals surface area contributed by atoms with Gasteiger partial charge in [0.2, 0.25) is 0 Å². The lowest BCUT2D eigenvalue weighted by Gasteiger charge is -2.23. The molecule has 0 heterocycles. The van der Waals surface area contributed by atoms with Crippen LogP contribution in [0.3, 0.4) is 0 Å². The Morgan fingerprint density at radius 1 is 1.11 bits per heavy atom. The van der Waals surface area contributed by atoms with Gasteiger partial charge in [-0.15, -0.1) is 0 Å². The molecule has 0 aliphatic carbocycles. The smallest absolute Gasteiger partial charge is 0.264 e. The van der Waals surface area contributed by atoms with Crippen molar-refractivity contribution in [2.75, 3.05) is 24.6 Å². The maximum atomic E-state index is 13.3. The minimum Gasteiger partial charge on any atom is -0.493 e. The van der Waals surface area contributed by atoms with Gasteiger partial charge in [-0.2, -0.15) is 5.10 Å². The summed E-state index contributed by atoms with van der Waals surface area (Å²) in [5.74, 6) is 0.356. The number of rotatable bonds is 11. The molecule has 0 bridgehead atoms. The standard InChI is InChI=1S/C25H23Br2N3O5S/c1-3-13-35-25-22(27)14-18(15-23(25)34-2)16-28-29-24(31)17-30(20-11-9-19(26)10-12-20)36(32,33)21-7-5-4-6-8-21/h3-12,14-16H,1,13,17H2,2H3,(H,29,31)/b28-16+. The monoisotopic (exact) mass is 635 g/mol. The van der Waals surface area contributed by atoms with E-state index in [0.717, 1.165) is 8.78 Å². The zero-order chi connectivity index (χ0) is 26.1. The van der Waals surface area contributed by atoms with E-state index < -0.39 is 22.5 Å². The van der Waals surface area contributed by atoms with E-state index in [4.69, 9.17) is 9.47 Å². The van der Waals surface area contributed by atoms with Gasteiger partial charge in [-0.25, -0.2) is 13.8 Å². The summed E-state index contributed by atoms with van der Waals surface area (Å²) in [5, 5.41) is 3.98. The molecule has 0 unspecified atom stereocenters. The number of nitrogens with zero attached hydrogens (tertiary/aromatic N) is 2. The molecule has 3 aromatic carbocycles. The van der Waals surface area contributed by atoms with E-state index in [1.165, 1.54) is 25.5 Å². The van der Waals surface area contributed by atoms with Gasteiger partial charge in [0.15, 0.2) is 11.5 Å². The third kappa shape index (κ3) is 6.96. The number of nitrogens with one attached hydrogen (secondary N) is 1.